The molecule has 2 nitrogen and oxygen atoms in total. The maximum atomic E-state index is 13.7. The van der Waals surface area contributed by atoms with E-state index in [0.29, 0.717) is 12.5 Å². The summed E-state index contributed by atoms with van der Waals surface area (Å²) < 4.78 is 37.0. The molecule has 0 aromatic rings. The lowest BCUT2D eigenvalue weighted by atomic mass is 9.80. The molecule has 1 aliphatic rings. The molecule has 0 heterocycles. The summed E-state index contributed by atoms with van der Waals surface area (Å²) in [5, 5.41) is 0. The normalized spacial score (nSPS) is 21.1. The average Bonchev–Trinajstić information content (AvgIpc) is 2.59. The molecule has 0 bridgehead atoms. The summed E-state index contributed by atoms with van der Waals surface area (Å²) in [5.74, 6) is -1.74. The van der Waals surface area contributed by atoms with Crippen LogP contribution in [-0.4, -0.2) is 13.7 Å². The summed E-state index contributed by atoms with van der Waals surface area (Å²) >= 11 is 0. The lowest BCUT2D eigenvalue weighted by molar-refractivity contribution is 0.125. The quantitative estimate of drug-likeness (QED) is 0.354. The molecular weight excluding hydrogens is 310 g/mol. The summed E-state index contributed by atoms with van der Waals surface area (Å²) in [6, 6.07) is 0. The first-order chi connectivity index (χ1) is 11.4. The van der Waals surface area contributed by atoms with Crippen molar-refractivity contribution in [3.63, 3.8) is 0 Å². The topological polar surface area (TPSA) is 18.5 Å². The molecule has 0 amide bonds. The van der Waals surface area contributed by atoms with Crippen LogP contribution in [-0.2, 0) is 9.47 Å². The van der Waals surface area contributed by atoms with Gasteiger partial charge >= 0.3 is 0 Å². The Balaban J connectivity index is 0.00000163. The molecule has 0 saturated heterocycles. The van der Waals surface area contributed by atoms with E-state index >= 15 is 0 Å². The SMILES string of the molecule is C=C(OC)/C(F)=C(/F)C(=C)OCC1CCC(CCC)CC1.CCC. The maximum absolute atomic E-state index is 13.7. The molecule has 1 fully saturated rings. The van der Waals surface area contributed by atoms with E-state index in [9.17, 15) is 8.78 Å². The fraction of sp³-hybridized carbons (Fsp3) is 0.700. The van der Waals surface area contributed by atoms with Crippen LogP contribution in [0.5, 0.6) is 0 Å². The number of ether oxygens (including phenoxy) is 2. The monoisotopic (exact) mass is 344 g/mol. The van der Waals surface area contributed by atoms with Crippen molar-refractivity contribution < 1.29 is 18.3 Å². The third kappa shape index (κ3) is 8.51. The van der Waals surface area contributed by atoms with E-state index in [1.54, 1.807) is 0 Å². The van der Waals surface area contributed by atoms with Crippen molar-refractivity contribution in [1.82, 2.24) is 0 Å². The molecule has 1 aliphatic carbocycles. The first-order valence-corrected chi connectivity index (χ1v) is 9.01. The highest BCUT2D eigenvalue weighted by molar-refractivity contribution is 5.29. The summed E-state index contributed by atoms with van der Waals surface area (Å²) in [4.78, 5) is 0. The summed E-state index contributed by atoms with van der Waals surface area (Å²) in [5.41, 5.74) is 0. The second-order valence-electron chi connectivity index (χ2n) is 6.37. The van der Waals surface area contributed by atoms with Crippen LogP contribution in [0.4, 0.5) is 8.78 Å². The second-order valence-corrected chi connectivity index (χ2v) is 6.37. The van der Waals surface area contributed by atoms with Crippen molar-refractivity contribution in [3.8, 4) is 0 Å². The van der Waals surface area contributed by atoms with Crippen LogP contribution in [0.3, 0.4) is 0 Å². The van der Waals surface area contributed by atoms with Crippen LogP contribution in [0.15, 0.2) is 36.3 Å². The number of allylic oxidation sites excluding steroid dienone is 2. The van der Waals surface area contributed by atoms with Gasteiger partial charge in [0.2, 0.25) is 11.7 Å². The Morgan fingerprint density at radius 2 is 1.38 bits per heavy atom. The van der Waals surface area contributed by atoms with Gasteiger partial charge in [0, 0.05) is 0 Å². The van der Waals surface area contributed by atoms with E-state index in [4.69, 9.17) is 4.74 Å². The molecule has 1 saturated carbocycles. The van der Waals surface area contributed by atoms with Gasteiger partial charge in [-0.2, -0.15) is 8.78 Å². The molecule has 0 unspecified atom stereocenters. The Morgan fingerprint density at radius 3 is 1.83 bits per heavy atom. The molecule has 0 atom stereocenters. The van der Waals surface area contributed by atoms with Crippen LogP contribution < -0.4 is 0 Å². The van der Waals surface area contributed by atoms with E-state index in [1.165, 1.54) is 39.2 Å². The smallest absolute Gasteiger partial charge is 0.203 e. The molecular formula is C20H34F2O2. The minimum Gasteiger partial charge on any atom is -0.494 e. The van der Waals surface area contributed by atoms with Crippen molar-refractivity contribution in [2.45, 2.75) is 65.7 Å². The Morgan fingerprint density at radius 1 is 0.917 bits per heavy atom. The van der Waals surface area contributed by atoms with Crippen molar-refractivity contribution in [3.05, 3.63) is 36.3 Å². The van der Waals surface area contributed by atoms with Crippen molar-refractivity contribution in [2.24, 2.45) is 11.8 Å². The zero-order valence-corrected chi connectivity index (χ0v) is 15.8. The highest BCUT2D eigenvalue weighted by Gasteiger charge is 2.22. The van der Waals surface area contributed by atoms with Gasteiger partial charge in [0.15, 0.2) is 11.5 Å². The zero-order chi connectivity index (χ0) is 18.5. The van der Waals surface area contributed by atoms with Gasteiger partial charge in [-0.25, -0.2) is 0 Å². The Bertz CT molecular complexity index is 408. The van der Waals surface area contributed by atoms with Crippen LogP contribution in [0.1, 0.15) is 65.7 Å². The van der Waals surface area contributed by atoms with Crippen LogP contribution >= 0.6 is 0 Å². The average molecular weight is 344 g/mol. The summed E-state index contributed by atoms with van der Waals surface area (Å²) in [6.45, 7) is 13.5. The molecule has 0 aromatic heterocycles. The molecule has 0 N–H and O–H groups in total. The van der Waals surface area contributed by atoms with Gasteiger partial charge in [-0.1, -0.05) is 66.0 Å². The summed E-state index contributed by atoms with van der Waals surface area (Å²) in [7, 11) is 1.23. The largest absolute Gasteiger partial charge is 0.494 e. The Kier molecular flexibility index (Phi) is 12.3. The molecule has 0 spiro atoms. The number of halogens is 2. The van der Waals surface area contributed by atoms with Gasteiger partial charge in [-0.05, 0) is 24.7 Å². The molecule has 0 aromatic carbocycles. The van der Waals surface area contributed by atoms with Crippen molar-refractivity contribution in [1.29, 1.82) is 0 Å². The molecule has 0 radical (unpaired) electrons. The van der Waals surface area contributed by atoms with Gasteiger partial charge in [-0.15, -0.1) is 0 Å². The van der Waals surface area contributed by atoms with Crippen molar-refractivity contribution in [2.75, 3.05) is 13.7 Å². The van der Waals surface area contributed by atoms with E-state index in [2.05, 4.69) is 38.7 Å². The van der Waals surface area contributed by atoms with E-state index < -0.39 is 11.7 Å². The molecule has 4 heteroatoms. The first kappa shape index (κ1) is 22.7. The lowest BCUT2D eigenvalue weighted by Crippen LogP contribution is -2.18. The van der Waals surface area contributed by atoms with Gasteiger partial charge in [0.25, 0.3) is 0 Å². The van der Waals surface area contributed by atoms with Gasteiger partial charge in [0.05, 0.1) is 13.7 Å². The van der Waals surface area contributed by atoms with Crippen molar-refractivity contribution >= 4 is 0 Å². The van der Waals surface area contributed by atoms with Gasteiger partial charge < -0.3 is 9.47 Å². The maximum Gasteiger partial charge on any atom is 0.203 e. The number of methoxy groups -OCH3 is 1. The molecule has 1 rings (SSSR count). The first-order valence-electron chi connectivity index (χ1n) is 9.01. The molecule has 140 valence electrons. The van der Waals surface area contributed by atoms with Crippen LogP contribution in [0.25, 0.3) is 0 Å². The van der Waals surface area contributed by atoms with Gasteiger partial charge in [-0.3, -0.25) is 0 Å². The Hall–Kier alpha value is -1.32. The minimum absolute atomic E-state index is 0.290. The zero-order valence-electron chi connectivity index (χ0n) is 15.8. The second kappa shape index (κ2) is 13.0. The predicted octanol–water partition coefficient (Wildman–Crippen LogP) is 6.85. The highest BCUT2D eigenvalue weighted by atomic mass is 19.2. The molecule has 24 heavy (non-hydrogen) atoms. The van der Waals surface area contributed by atoms with E-state index in [-0.39, 0.29) is 11.5 Å². The minimum atomic E-state index is -1.16. The molecule has 0 aliphatic heterocycles. The fourth-order valence-corrected chi connectivity index (χ4v) is 2.71. The number of hydrogen-bond acceptors (Lipinski definition) is 2. The highest BCUT2D eigenvalue weighted by Crippen LogP contribution is 2.32. The number of rotatable bonds is 8. The van der Waals surface area contributed by atoms with E-state index in [0.717, 1.165) is 18.8 Å². The Labute approximate surface area is 146 Å². The third-order valence-corrected chi connectivity index (χ3v) is 4.09. The fourth-order valence-electron chi connectivity index (χ4n) is 2.71. The van der Waals surface area contributed by atoms with Gasteiger partial charge in [0.1, 0.15) is 0 Å². The summed E-state index contributed by atoms with van der Waals surface area (Å²) in [6.07, 6.45) is 8.30. The predicted molar refractivity (Wildman–Crippen MR) is 96.8 cm³/mol. The standard InChI is InChI=1S/C17H26F2O2.C3H8/c1-5-6-14-7-9-15(10-8-14)11-21-13(3)17(19)16(18)12(2)20-4;1-3-2/h14-15H,2-3,5-11H2,1,4H3;3H2,1-2H3/b17-16-;. The lowest BCUT2D eigenvalue weighted by Gasteiger charge is -2.28. The number of hydrogen-bond donors (Lipinski definition) is 0. The third-order valence-electron chi connectivity index (χ3n) is 4.09. The van der Waals surface area contributed by atoms with E-state index in [1.807, 2.05) is 0 Å². The van der Waals surface area contributed by atoms with Crippen LogP contribution in [0.2, 0.25) is 0 Å². The van der Waals surface area contributed by atoms with Crippen LogP contribution in [0, 0.1) is 11.8 Å².